The summed E-state index contributed by atoms with van der Waals surface area (Å²) in [4.78, 5) is 2.24. The molecule has 0 bridgehead atoms. The van der Waals surface area contributed by atoms with Gasteiger partial charge < -0.3 is 9.15 Å². The number of benzene rings is 1. The highest BCUT2D eigenvalue weighted by Crippen LogP contribution is 2.36. The van der Waals surface area contributed by atoms with Crippen molar-refractivity contribution in [2.24, 2.45) is 0 Å². The molecule has 1 atom stereocenters. The third-order valence-corrected chi connectivity index (χ3v) is 4.86. The number of hydrogen-bond acceptors (Lipinski definition) is 4. The molecule has 3 aromatic rings. The zero-order valence-electron chi connectivity index (χ0n) is 12.5. The number of rotatable bonds is 2. The average molecular weight is 336 g/mol. The van der Waals surface area contributed by atoms with Crippen molar-refractivity contribution in [2.75, 3.05) is 13.6 Å². The number of fused-ring (bicyclic) bond motifs is 2. The van der Waals surface area contributed by atoms with Crippen molar-refractivity contribution in [2.45, 2.75) is 19.6 Å². The number of thiophene rings is 1. The van der Waals surface area contributed by atoms with Gasteiger partial charge in [-0.1, -0.05) is 12.1 Å². The van der Waals surface area contributed by atoms with Gasteiger partial charge in [-0.05, 0) is 42.9 Å². The number of ether oxygens (including phenoxy) is 1. The van der Waals surface area contributed by atoms with Crippen LogP contribution in [0.4, 0.5) is 0 Å². The molecule has 0 aliphatic carbocycles. The van der Waals surface area contributed by atoms with Gasteiger partial charge in [0.25, 0.3) is 0 Å². The molecule has 2 aromatic heterocycles. The van der Waals surface area contributed by atoms with E-state index in [4.69, 9.17) is 9.15 Å². The van der Waals surface area contributed by atoms with E-state index in [1.807, 2.05) is 6.92 Å². The van der Waals surface area contributed by atoms with E-state index >= 15 is 0 Å². The third-order valence-electron chi connectivity index (χ3n) is 3.91. The van der Waals surface area contributed by atoms with E-state index in [9.17, 15) is 0 Å². The van der Waals surface area contributed by atoms with Crippen molar-refractivity contribution in [1.82, 2.24) is 4.90 Å². The lowest BCUT2D eigenvalue weighted by molar-refractivity contribution is 0.121. The van der Waals surface area contributed by atoms with Crippen LogP contribution >= 0.6 is 23.7 Å². The van der Waals surface area contributed by atoms with Crippen LogP contribution in [0.15, 0.2) is 40.1 Å². The lowest BCUT2D eigenvalue weighted by Gasteiger charge is -2.29. The second-order valence-corrected chi connectivity index (χ2v) is 6.55. The second-order valence-electron chi connectivity index (χ2n) is 5.63. The zero-order valence-corrected chi connectivity index (χ0v) is 14.2. The monoisotopic (exact) mass is 335 g/mol. The Morgan fingerprint density at radius 1 is 1.32 bits per heavy atom. The molecule has 0 fully saturated rings. The first-order valence-electron chi connectivity index (χ1n) is 7.11. The van der Waals surface area contributed by atoms with Crippen LogP contribution in [0.3, 0.4) is 0 Å². The summed E-state index contributed by atoms with van der Waals surface area (Å²) >= 11 is 1.73. The maximum atomic E-state index is 6.35. The summed E-state index contributed by atoms with van der Waals surface area (Å²) in [7, 11) is 2.10. The van der Waals surface area contributed by atoms with Crippen LogP contribution < -0.4 is 4.74 Å². The van der Waals surface area contributed by atoms with Crippen molar-refractivity contribution in [3.63, 3.8) is 0 Å². The number of furan rings is 1. The summed E-state index contributed by atoms with van der Waals surface area (Å²) in [5.74, 6) is 2.95. The summed E-state index contributed by atoms with van der Waals surface area (Å²) in [6.45, 7) is 3.73. The molecule has 5 heteroatoms. The lowest BCUT2D eigenvalue weighted by atomic mass is 10.1. The smallest absolute Gasteiger partial charge is 0.140 e. The first-order chi connectivity index (χ1) is 10.2. The highest BCUT2D eigenvalue weighted by Gasteiger charge is 2.28. The van der Waals surface area contributed by atoms with Crippen molar-refractivity contribution < 1.29 is 9.15 Å². The van der Waals surface area contributed by atoms with Crippen LogP contribution in [-0.4, -0.2) is 18.5 Å². The Balaban J connectivity index is 0.00000144. The number of halogens is 1. The zero-order chi connectivity index (χ0) is 14.4. The molecule has 4 rings (SSSR count). The molecular weight excluding hydrogens is 318 g/mol. The van der Waals surface area contributed by atoms with Crippen LogP contribution in [0.1, 0.15) is 23.2 Å². The highest BCUT2D eigenvalue weighted by atomic mass is 35.5. The maximum absolute atomic E-state index is 6.35. The Kier molecular flexibility index (Phi) is 4.17. The largest absolute Gasteiger partial charge is 0.483 e. The molecule has 0 N–H and O–H groups in total. The van der Waals surface area contributed by atoms with E-state index in [1.54, 1.807) is 11.3 Å². The second kappa shape index (κ2) is 5.95. The van der Waals surface area contributed by atoms with Gasteiger partial charge >= 0.3 is 0 Å². The van der Waals surface area contributed by atoms with Crippen LogP contribution in [0, 0.1) is 6.92 Å². The van der Waals surface area contributed by atoms with Crippen LogP contribution in [0.25, 0.3) is 10.1 Å². The van der Waals surface area contributed by atoms with Gasteiger partial charge in [-0.25, -0.2) is 0 Å². The fourth-order valence-corrected chi connectivity index (χ4v) is 3.84. The van der Waals surface area contributed by atoms with Crippen molar-refractivity contribution >= 4 is 33.8 Å². The number of hydrogen-bond donors (Lipinski definition) is 0. The standard InChI is InChI=1S/C17H17NO2S.ClH/c1-11-8-13-15(19-11)9-18(2)10-16(13)20-14-5-3-4-12-6-7-21-17(12)14;/h3-8,16H,9-10H2,1-2H3;1H. The first kappa shape index (κ1) is 15.4. The van der Waals surface area contributed by atoms with E-state index < -0.39 is 0 Å². The summed E-state index contributed by atoms with van der Waals surface area (Å²) in [6, 6.07) is 10.5. The average Bonchev–Trinajstić information content (AvgIpc) is 3.04. The van der Waals surface area contributed by atoms with Crippen LogP contribution in [-0.2, 0) is 6.54 Å². The van der Waals surface area contributed by atoms with Crippen molar-refractivity contribution in [3.8, 4) is 5.75 Å². The summed E-state index contributed by atoms with van der Waals surface area (Å²) in [5.41, 5.74) is 1.19. The summed E-state index contributed by atoms with van der Waals surface area (Å²) in [6.07, 6.45) is 0.0314. The molecule has 0 saturated heterocycles. The molecule has 0 spiro atoms. The van der Waals surface area contributed by atoms with Gasteiger partial charge in [0.2, 0.25) is 0 Å². The van der Waals surface area contributed by atoms with E-state index in [0.29, 0.717) is 0 Å². The summed E-state index contributed by atoms with van der Waals surface area (Å²) in [5, 5.41) is 3.35. The van der Waals surface area contributed by atoms with Crippen molar-refractivity contribution in [3.05, 3.63) is 52.8 Å². The molecule has 0 amide bonds. The molecule has 1 unspecified atom stereocenters. The van der Waals surface area contributed by atoms with Gasteiger partial charge in [0.15, 0.2) is 0 Å². The third kappa shape index (κ3) is 2.62. The molecule has 3 heterocycles. The topological polar surface area (TPSA) is 25.6 Å². The minimum Gasteiger partial charge on any atom is -0.483 e. The normalized spacial score (nSPS) is 18.0. The molecule has 3 nitrogen and oxygen atoms in total. The molecule has 0 saturated carbocycles. The first-order valence-corrected chi connectivity index (χ1v) is 7.99. The van der Waals surface area contributed by atoms with Crippen molar-refractivity contribution in [1.29, 1.82) is 0 Å². The predicted octanol–water partition coefficient (Wildman–Crippen LogP) is 4.79. The minimum atomic E-state index is 0. The number of aryl methyl sites for hydroxylation is 1. The lowest BCUT2D eigenvalue weighted by Crippen LogP contribution is -2.32. The number of nitrogens with zero attached hydrogens (tertiary/aromatic N) is 1. The van der Waals surface area contributed by atoms with Gasteiger partial charge in [-0.3, -0.25) is 4.90 Å². The van der Waals surface area contributed by atoms with Crippen LogP contribution in [0.5, 0.6) is 5.75 Å². The predicted molar refractivity (Wildman–Crippen MR) is 92.2 cm³/mol. The van der Waals surface area contributed by atoms with Gasteiger partial charge in [0.05, 0.1) is 11.2 Å². The molecule has 22 heavy (non-hydrogen) atoms. The minimum absolute atomic E-state index is 0. The summed E-state index contributed by atoms with van der Waals surface area (Å²) < 4.78 is 13.4. The molecule has 1 aliphatic heterocycles. The Morgan fingerprint density at radius 2 is 2.18 bits per heavy atom. The Bertz CT molecular complexity index is 795. The highest BCUT2D eigenvalue weighted by molar-refractivity contribution is 7.17. The SMILES string of the molecule is Cc1cc2c(o1)CN(C)CC2Oc1cccc2ccsc12.Cl. The van der Waals surface area contributed by atoms with Gasteiger partial charge in [0.1, 0.15) is 23.4 Å². The van der Waals surface area contributed by atoms with E-state index in [2.05, 4.69) is 47.7 Å². The molecule has 116 valence electrons. The molecular formula is C17H18ClNO2S. The van der Waals surface area contributed by atoms with Crippen LogP contribution in [0.2, 0.25) is 0 Å². The number of likely N-dealkylation sites (N-methyl/N-ethyl adjacent to an activating group) is 1. The quantitative estimate of drug-likeness (QED) is 0.673. The van der Waals surface area contributed by atoms with E-state index in [-0.39, 0.29) is 18.5 Å². The van der Waals surface area contributed by atoms with Gasteiger partial charge in [-0.15, -0.1) is 23.7 Å². The van der Waals surface area contributed by atoms with E-state index in [1.165, 1.54) is 15.6 Å². The Hall–Kier alpha value is -1.49. The van der Waals surface area contributed by atoms with Gasteiger partial charge in [-0.2, -0.15) is 0 Å². The van der Waals surface area contributed by atoms with Gasteiger partial charge in [0, 0.05) is 12.1 Å². The molecule has 0 radical (unpaired) electrons. The fraction of sp³-hybridized carbons (Fsp3) is 0.294. The Morgan fingerprint density at radius 3 is 3.05 bits per heavy atom. The molecule has 1 aromatic carbocycles. The van der Waals surface area contributed by atoms with E-state index in [0.717, 1.165) is 30.4 Å². The Labute approximate surface area is 139 Å². The molecule has 1 aliphatic rings. The maximum Gasteiger partial charge on any atom is 0.140 e. The fourth-order valence-electron chi connectivity index (χ4n) is 2.98.